The first-order chi connectivity index (χ1) is 5.66. The molecule has 0 aliphatic carbocycles. The summed E-state index contributed by atoms with van der Waals surface area (Å²) in [7, 11) is 1.57. The predicted molar refractivity (Wildman–Crippen MR) is 41.3 cm³/mol. The lowest BCUT2D eigenvalue weighted by molar-refractivity contribution is -0.0153. The van der Waals surface area contributed by atoms with Gasteiger partial charge < -0.3 is 19.3 Å². The topological polar surface area (TPSA) is 65.0 Å². The van der Waals surface area contributed by atoms with Gasteiger partial charge in [0.1, 0.15) is 6.61 Å². The second kappa shape index (κ2) is 6.87. The van der Waals surface area contributed by atoms with E-state index in [0.29, 0.717) is 13.2 Å². The maximum absolute atomic E-state index is 9.93. The fourth-order valence-corrected chi connectivity index (χ4v) is 0.569. The molecule has 0 saturated heterocycles. The van der Waals surface area contributed by atoms with Gasteiger partial charge in [0.2, 0.25) is 0 Å². The molecule has 1 N–H and O–H groups in total. The SMILES string of the molecule is COCCOC(C)COC(=O)O. The average molecular weight is 178 g/mol. The van der Waals surface area contributed by atoms with E-state index < -0.39 is 6.16 Å². The summed E-state index contributed by atoms with van der Waals surface area (Å²) < 4.78 is 14.1. The highest BCUT2D eigenvalue weighted by Crippen LogP contribution is 1.91. The van der Waals surface area contributed by atoms with E-state index in [0.717, 1.165) is 0 Å². The van der Waals surface area contributed by atoms with Crippen molar-refractivity contribution in [1.82, 2.24) is 0 Å². The van der Waals surface area contributed by atoms with Gasteiger partial charge in [-0.25, -0.2) is 4.79 Å². The third kappa shape index (κ3) is 7.30. The number of hydrogen-bond acceptors (Lipinski definition) is 4. The molecule has 0 aliphatic rings. The molecule has 1 unspecified atom stereocenters. The van der Waals surface area contributed by atoms with Gasteiger partial charge in [-0.15, -0.1) is 0 Å². The Kier molecular flexibility index (Phi) is 6.41. The minimum absolute atomic E-state index is 0.0546. The van der Waals surface area contributed by atoms with Crippen molar-refractivity contribution in [1.29, 1.82) is 0 Å². The van der Waals surface area contributed by atoms with Crippen LogP contribution in [0.3, 0.4) is 0 Å². The van der Waals surface area contributed by atoms with Crippen molar-refractivity contribution in [3.8, 4) is 0 Å². The van der Waals surface area contributed by atoms with E-state index in [1.807, 2.05) is 0 Å². The van der Waals surface area contributed by atoms with Gasteiger partial charge in [-0.2, -0.15) is 0 Å². The lowest BCUT2D eigenvalue weighted by Gasteiger charge is -2.11. The fraction of sp³-hybridized carbons (Fsp3) is 0.857. The number of methoxy groups -OCH3 is 1. The predicted octanol–water partition coefficient (Wildman–Crippen LogP) is 0.733. The number of ether oxygens (including phenoxy) is 3. The quantitative estimate of drug-likeness (QED) is 0.480. The molecule has 1 atom stereocenters. The van der Waals surface area contributed by atoms with Crippen molar-refractivity contribution in [2.24, 2.45) is 0 Å². The Bertz CT molecular complexity index is 125. The van der Waals surface area contributed by atoms with Gasteiger partial charge in [0.05, 0.1) is 19.3 Å². The van der Waals surface area contributed by atoms with E-state index in [-0.39, 0.29) is 12.7 Å². The van der Waals surface area contributed by atoms with Crippen LogP contribution < -0.4 is 0 Å². The molecule has 0 spiro atoms. The maximum Gasteiger partial charge on any atom is 0.505 e. The van der Waals surface area contributed by atoms with Crippen molar-refractivity contribution >= 4 is 6.16 Å². The molecule has 0 heterocycles. The minimum atomic E-state index is -1.28. The van der Waals surface area contributed by atoms with Crippen LogP contribution in [0.2, 0.25) is 0 Å². The van der Waals surface area contributed by atoms with Crippen LogP contribution in [-0.4, -0.2) is 44.3 Å². The third-order valence-electron chi connectivity index (χ3n) is 1.13. The van der Waals surface area contributed by atoms with Crippen LogP contribution in [0.15, 0.2) is 0 Å². The first-order valence-electron chi connectivity index (χ1n) is 3.63. The standard InChI is InChI=1S/C7H14O5/c1-6(5-12-7(8)9)11-4-3-10-2/h6H,3-5H2,1-2H3,(H,8,9). The zero-order chi connectivity index (χ0) is 9.40. The maximum atomic E-state index is 9.93. The van der Waals surface area contributed by atoms with E-state index in [4.69, 9.17) is 14.6 Å². The lowest BCUT2D eigenvalue weighted by atomic mass is 10.4. The highest BCUT2D eigenvalue weighted by atomic mass is 16.7. The van der Waals surface area contributed by atoms with Gasteiger partial charge in [-0.1, -0.05) is 0 Å². The summed E-state index contributed by atoms with van der Waals surface area (Å²) in [6, 6.07) is 0. The highest BCUT2D eigenvalue weighted by molar-refractivity contribution is 5.56. The van der Waals surface area contributed by atoms with Gasteiger partial charge in [0.15, 0.2) is 0 Å². The summed E-state index contributed by atoms with van der Waals surface area (Å²) in [6.45, 7) is 2.73. The second-order valence-electron chi connectivity index (χ2n) is 2.25. The summed E-state index contributed by atoms with van der Waals surface area (Å²) >= 11 is 0. The summed E-state index contributed by atoms with van der Waals surface area (Å²) in [5.74, 6) is 0. The Labute approximate surface area is 71.2 Å². The number of carboxylic acid groups (broad SMARTS) is 1. The Morgan fingerprint density at radius 1 is 1.50 bits per heavy atom. The van der Waals surface area contributed by atoms with Gasteiger partial charge >= 0.3 is 6.16 Å². The van der Waals surface area contributed by atoms with E-state index in [1.165, 1.54) is 0 Å². The summed E-state index contributed by atoms with van der Waals surface area (Å²) in [5.41, 5.74) is 0. The Morgan fingerprint density at radius 3 is 2.67 bits per heavy atom. The molecule has 0 fully saturated rings. The Hall–Kier alpha value is -0.810. The first kappa shape index (κ1) is 11.2. The summed E-state index contributed by atoms with van der Waals surface area (Å²) in [4.78, 5) is 9.93. The van der Waals surface area contributed by atoms with Crippen molar-refractivity contribution in [2.45, 2.75) is 13.0 Å². The van der Waals surface area contributed by atoms with Gasteiger partial charge in [-0.3, -0.25) is 0 Å². The highest BCUT2D eigenvalue weighted by Gasteiger charge is 2.04. The van der Waals surface area contributed by atoms with E-state index in [2.05, 4.69) is 4.74 Å². The van der Waals surface area contributed by atoms with Crippen LogP contribution in [0.5, 0.6) is 0 Å². The first-order valence-corrected chi connectivity index (χ1v) is 3.63. The molecule has 0 amide bonds. The zero-order valence-corrected chi connectivity index (χ0v) is 7.28. The molecule has 0 radical (unpaired) electrons. The third-order valence-corrected chi connectivity index (χ3v) is 1.13. The van der Waals surface area contributed by atoms with E-state index in [1.54, 1.807) is 14.0 Å². The molecule has 12 heavy (non-hydrogen) atoms. The summed E-state index contributed by atoms with van der Waals surface area (Å²) in [5, 5.41) is 8.13. The van der Waals surface area contributed by atoms with Crippen LogP contribution in [0.4, 0.5) is 4.79 Å². The molecule has 5 nitrogen and oxygen atoms in total. The second-order valence-corrected chi connectivity index (χ2v) is 2.25. The molecule has 0 aromatic carbocycles. The summed E-state index contributed by atoms with van der Waals surface area (Å²) in [6.07, 6.45) is -1.51. The monoisotopic (exact) mass is 178 g/mol. The van der Waals surface area contributed by atoms with Crippen molar-refractivity contribution in [2.75, 3.05) is 26.9 Å². The molecule has 72 valence electrons. The molecule has 0 aromatic rings. The number of hydrogen-bond donors (Lipinski definition) is 1. The van der Waals surface area contributed by atoms with Crippen molar-refractivity contribution in [3.63, 3.8) is 0 Å². The molecule has 0 bridgehead atoms. The Balaban J connectivity index is 3.21. The van der Waals surface area contributed by atoms with Gasteiger partial charge in [-0.05, 0) is 6.92 Å². The minimum Gasteiger partial charge on any atom is -0.450 e. The molecule has 0 aromatic heterocycles. The normalized spacial score (nSPS) is 12.5. The van der Waals surface area contributed by atoms with E-state index >= 15 is 0 Å². The van der Waals surface area contributed by atoms with Crippen molar-refractivity contribution in [3.05, 3.63) is 0 Å². The van der Waals surface area contributed by atoms with Gasteiger partial charge in [0.25, 0.3) is 0 Å². The van der Waals surface area contributed by atoms with E-state index in [9.17, 15) is 4.79 Å². The van der Waals surface area contributed by atoms with Crippen molar-refractivity contribution < 1.29 is 24.1 Å². The molecule has 0 saturated carbocycles. The van der Waals surface area contributed by atoms with Crippen LogP contribution in [0.25, 0.3) is 0 Å². The fourth-order valence-electron chi connectivity index (χ4n) is 0.569. The lowest BCUT2D eigenvalue weighted by Crippen LogP contribution is -2.20. The molecule has 0 aliphatic heterocycles. The largest absolute Gasteiger partial charge is 0.505 e. The smallest absolute Gasteiger partial charge is 0.450 e. The number of rotatable bonds is 6. The van der Waals surface area contributed by atoms with Crippen LogP contribution in [-0.2, 0) is 14.2 Å². The Morgan fingerprint density at radius 2 is 2.17 bits per heavy atom. The number of carbonyl (C=O) groups is 1. The van der Waals surface area contributed by atoms with Crippen LogP contribution in [0, 0.1) is 0 Å². The van der Waals surface area contributed by atoms with Crippen LogP contribution in [0.1, 0.15) is 6.92 Å². The molecular weight excluding hydrogens is 164 g/mol. The molecule has 5 heteroatoms. The molecule has 0 rings (SSSR count). The average Bonchev–Trinajstić information content (AvgIpc) is 2.01. The van der Waals surface area contributed by atoms with Crippen LogP contribution >= 0.6 is 0 Å². The zero-order valence-electron chi connectivity index (χ0n) is 7.28. The molecular formula is C7H14O5. The van der Waals surface area contributed by atoms with Gasteiger partial charge in [0, 0.05) is 7.11 Å².